The topological polar surface area (TPSA) is 138 Å². The Labute approximate surface area is 229 Å². The third-order valence-electron chi connectivity index (χ3n) is 5.31. The molecule has 2 amide bonds. The van der Waals surface area contributed by atoms with Gasteiger partial charge in [0.1, 0.15) is 17.4 Å². The minimum atomic E-state index is -0.686. The number of nitrogens with two attached hydrogens (primary N) is 1. The number of esters is 1. The lowest BCUT2D eigenvalue weighted by Crippen LogP contribution is -2.18. The number of hydrogen-bond acceptors (Lipinski definition) is 9. The van der Waals surface area contributed by atoms with Gasteiger partial charge in [-0.3, -0.25) is 14.2 Å². The normalized spacial score (nSPS) is 10.9. The molecule has 0 atom stereocenters. The number of primary amides is 1. The lowest BCUT2D eigenvalue weighted by Gasteiger charge is -2.11. The Morgan fingerprint density at radius 2 is 1.95 bits per heavy atom. The van der Waals surface area contributed by atoms with Gasteiger partial charge in [-0.1, -0.05) is 36.9 Å². The van der Waals surface area contributed by atoms with E-state index in [0.717, 1.165) is 23.5 Å². The summed E-state index contributed by atoms with van der Waals surface area (Å²) in [5, 5.41) is 11.9. The number of carbonyl (C=O) groups is 3. The second-order valence-corrected chi connectivity index (χ2v) is 10.5. The van der Waals surface area contributed by atoms with E-state index >= 15 is 0 Å². The van der Waals surface area contributed by atoms with Gasteiger partial charge in [-0.05, 0) is 50.5 Å². The highest BCUT2D eigenvalue weighted by Crippen LogP contribution is 2.34. The van der Waals surface area contributed by atoms with Crippen molar-refractivity contribution in [3.63, 3.8) is 0 Å². The molecule has 3 rings (SSSR count). The summed E-state index contributed by atoms with van der Waals surface area (Å²) in [6.45, 7) is 11.5. The molecule has 0 radical (unpaired) electrons. The van der Waals surface area contributed by atoms with Crippen LogP contribution < -0.4 is 15.8 Å². The van der Waals surface area contributed by atoms with Crippen molar-refractivity contribution in [2.45, 2.75) is 58.5 Å². The lowest BCUT2D eigenvalue weighted by atomic mass is 10.1. The number of anilines is 1. The summed E-state index contributed by atoms with van der Waals surface area (Å²) in [5.74, 6) is -0.425. The SMILES string of the molecule is C=CCn1c(COc2ccc(CC)cc2)nnc1SCC(=O)Nc1sc(C(N)=O)c(C)c1C(=O)OC(C)C. The maximum Gasteiger partial charge on any atom is 0.341 e. The summed E-state index contributed by atoms with van der Waals surface area (Å²) in [7, 11) is 0. The average Bonchev–Trinajstić information content (AvgIpc) is 3.41. The first-order chi connectivity index (χ1) is 18.1. The van der Waals surface area contributed by atoms with Gasteiger partial charge in [-0.25, -0.2) is 4.79 Å². The average molecular weight is 558 g/mol. The van der Waals surface area contributed by atoms with Gasteiger partial charge in [-0.2, -0.15) is 0 Å². The van der Waals surface area contributed by atoms with Crippen molar-refractivity contribution < 1.29 is 23.9 Å². The van der Waals surface area contributed by atoms with Crippen molar-refractivity contribution in [1.82, 2.24) is 14.8 Å². The molecule has 10 nitrogen and oxygen atoms in total. The monoisotopic (exact) mass is 557 g/mol. The molecule has 38 heavy (non-hydrogen) atoms. The molecule has 1 aromatic carbocycles. The number of benzene rings is 1. The molecular formula is C26H31N5O5S2. The van der Waals surface area contributed by atoms with Crippen LogP contribution in [-0.4, -0.2) is 44.4 Å². The quantitative estimate of drug-likeness (QED) is 0.179. The van der Waals surface area contributed by atoms with Crippen molar-refractivity contribution >= 4 is 45.9 Å². The summed E-state index contributed by atoms with van der Waals surface area (Å²) < 4.78 is 13.0. The molecule has 0 saturated carbocycles. The molecule has 0 bridgehead atoms. The first-order valence-electron chi connectivity index (χ1n) is 12.0. The van der Waals surface area contributed by atoms with Crippen LogP contribution in [0.1, 0.15) is 57.8 Å². The van der Waals surface area contributed by atoms with E-state index in [-0.39, 0.29) is 33.9 Å². The largest absolute Gasteiger partial charge is 0.486 e. The van der Waals surface area contributed by atoms with Crippen LogP contribution in [0.4, 0.5) is 5.00 Å². The van der Waals surface area contributed by atoms with Crippen LogP contribution in [0, 0.1) is 6.92 Å². The van der Waals surface area contributed by atoms with E-state index in [1.54, 1.807) is 26.8 Å². The highest BCUT2D eigenvalue weighted by atomic mass is 32.2. The Hall–Kier alpha value is -3.64. The summed E-state index contributed by atoms with van der Waals surface area (Å²) in [5.41, 5.74) is 7.16. The van der Waals surface area contributed by atoms with E-state index in [1.165, 1.54) is 17.3 Å². The van der Waals surface area contributed by atoms with Crippen molar-refractivity contribution in [2.75, 3.05) is 11.1 Å². The molecule has 2 aromatic heterocycles. The Balaban J connectivity index is 1.70. The zero-order chi connectivity index (χ0) is 27.8. The van der Waals surface area contributed by atoms with E-state index in [0.29, 0.717) is 23.1 Å². The summed E-state index contributed by atoms with van der Waals surface area (Å²) >= 11 is 2.12. The van der Waals surface area contributed by atoms with Gasteiger partial charge >= 0.3 is 5.97 Å². The van der Waals surface area contributed by atoms with Crippen LogP contribution in [-0.2, 0) is 29.1 Å². The number of amides is 2. The summed E-state index contributed by atoms with van der Waals surface area (Å²) in [6, 6.07) is 7.85. The first-order valence-corrected chi connectivity index (χ1v) is 13.8. The maximum atomic E-state index is 12.8. The van der Waals surface area contributed by atoms with Crippen molar-refractivity contribution in [1.29, 1.82) is 0 Å². The number of aryl methyl sites for hydroxylation is 1. The zero-order valence-corrected chi connectivity index (χ0v) is 23.4. The minimum Gasteiger partial charge on any atom is -0.486 e. The summed E-state index contributed by atoms with van der Waals surface area (Å²) in [4.78, 5) is 37.5. The zero-order valence-electron chi connectivity index (χ0n) is 21.8. The van der Waals surface area contributed by atoms with Gasteiger partial charge in [0, 0.05) is 6.54 Å². The van der Waals surface area contributed by atoms with E-state index < -0.39 is 17.8 Å². The predicted molar refractivity (Wildman–Crippen MR) is 148 cm³/mol. The highest BCUT2D eigenvalue weighted by Gasteiger charge is 2.26. The van der Waals surface area contributed by atoms with Gasteiger partial charge < -0.3 is 20.5 Å². The smallest absolute Gasteiger partial charge is 0.341 e. The molecular weight excluding hydrogens is 526 g/mol. The molecule has 2 heterocycles. The fourth-order valence-corrected chi connectivity index (χ4v) is 5.29. The molecule has 0 spiro atoms. The van der Waals surface area contributed by atoms with E-state index in [4.69, 9.17) is 15.2 Å². The molecule has 0 unspecified atom stereocenters. The fraction of sp³-hybridized carbons (Fsp3) is 0.346. The molecule has 202 valence electrons. The molecule has 0 saturated heterocycles. The highest BCUT2D eigenvalue weighted by molar-refractivity contribution is 7.99. The van der Waals surface area contributed by atoms with Crippen LogP contribution in [0.3, 0.4) is 0 Å². The van der Waals surface area contributed by atoms with Gasteiger partial charge in [0.2, 0.25) is 5.91 Å². The number of thiophene rings is 1. The third-order valence-corrected chi connectivity index (χ3v) is 7.50. The second-order valence-electron chi connectivity index (χ2n) is 8.50. The van der Waals surface area contributed by atoms with E-state index in [1.807, 2.05) is 28.8 Å². The number of nitrogens with one attached hydrogen (secondary N) is 1. The molecule has 0 aliphatic heterocycles. The molecule has 0 aliphatic carbocycles. The first kappa shape index (κ1) is 28.9. The number of nitrogens with zero attached hydrogens (tertiary/aromatic N) is 3. The van der Waals surface area contributed by atoms with Gasteiger partial charge in [0.25, 0.3) is 5.91 Å². The van der Waals surface area contributed by atoms with Crippen LogP contribution in [0.25, 0.3) is 0 Å². The number of hydrogen-bond donors (Lipinski definition) is 2. The number of carbonyl (C=O) groups excluding carboxylic acids is 3. The van der Waals surface area contributed by atoms with E-state index in [2.05, 4.69) is 29.0 Å². The van der Waals surface area contributed by atoms with Gasteiger partial charge in [0.05, 0.1) is 22.3 Å². The maximum absolute atomic E-state index is 12.8. The second kappa shape index (κ2) is 13.2. The van der Waals surface area contributed by atoms with Gasteiger partial charge in [0.15, 0.2) is 11.0 Å². The molecule has 0 aliphatic rings. The minimum absolute atomic E-state index is 0.0177. The standard InChI is InChI=1S/C26H31N5O5S2/c1-6-12-31-19(13-35-18-10-8-17(7-2)9-11-18)29-30-26(31)37-14-20(32)28-24-21(25(34)36-15(3)4)16(5)22(38-24)23(27)33/h6,8-11,15H,1,7,12-14H2,2-5H3,(H2,27,33)(H,28,32). The summed E-state index contributed by atoms with van der Waals surface area (Å²) in [6.07, 6.45) is 2.28. The van der Waals surface area contributed by atoms with Crippen molar-refractivity contribution in [3.05, 3.63) is 64.3 Å². The number of aromatic nitrogens is 3. The predicted octanol–water partition coefficient (Wildman–Crippen LogP) is 4.37. The number of rotatable bonds is 13. The number of ether oxygens (including phenoxy) is 2. The Bertz CT molecular complexity index is 1310. The van der Waals surface area contributed by atoms with Crippen molar-refractivity contribution in [2.24, 2.45) is 5.73 Å². The fourth-order valence-electron chi connectivity index (χ4n) is 3.46. The molecule has 0 fully saturated rings. The molecule has 3 aromatic rings. The number of allylic oxidation sites excluding steroid dienone is 1. The molecule has 3 N–H and O–H groups in total. The van der Waals surface area contributed by atoms with Crippen LogP contribution >= 0.6 is 23.1 Å². The van der Waals surface area contributed by atoms with Crippen LogP contribution in [0.2, 0.25) is 0 Å². The van der Waals surface area contributed by atoms with Gasteiger partial charge in [-0.15, -0.1) is 28.1 Å². The van der Waals surface area contributed by atoms with E-state index in [9.17, 15) is 14.4 Å². The Morgan fingerprint density at radius 1 is 1.24 bits per heavy atom. The Morgan fingerprint density at radius 3 is 2.55 bits per heavy atom. The number of thioether (sulfide) groups is 1. The third kappa shape index (κ3) is 7.23. The molecule has 12 heteroatoms. The van der Waals surface area contributed by atoms with Crippen LogP contribution in [0.15, 0.2) is 42.1 Å². The Kier molecular flexibility index (Phi) is 10.1. The van der Waals surface area contributed by atoms with Crippen LogP contribution in [0.5, 0.6) is 5.75 Å². The lowest BCUT2D eigenvalue weighted by molar-refractivity contribution is -0.113. The van der Waals surface area contributed by atoms with Crippen molar-refractivity contribution in [3.8, 4) is 5.75 Å².